The molecule has 106 valence electrons. The fourth-order valence-corrected chi connectivity index (χ4v) is 2.80. The number of hydrogen-bond donors (Lipinski definition) is 0. The van der Waals surface area contributed by atoms with Crippen LogP contribution in [-0.4, -0.2) is 18.6 Å². The van der Waals surface area contributed by atoms with Gasteiger partial charge in [-0.05, 0) is 18.2 Å². The number of halogens is 1. The summed E-state index contributed by atoms with van der Waals surface area (Å²) >= 11 is 6.21. The Morgan fingerprint density at radius 1 is 1.29 bits per heavy atom. The van der Waals surface area contributed by atoms with Crippen LogP contribution in [0.4, 0.5) is 0 Å². The number of benzene rings is 1. The third kappa shape index (κ3) is 2.57. The first-order valence-electron chi connectivity index (χ1n) is 6.70. The number of nitrogens with zero attached hydrogens (tertiary/aromatic N) is 1. The van der Waals surface area contributed by atoms with Gasteiger partial charge < -0.3 is 4.74 Å². The molecule has 0 unspecified atom stereocenters. The largest absolute Gasteiger partial charge is 0.496 e. The first-order valence-corrected chi connectivity index (χ1v) is 7.08. The van der Waals surface area contributed by atoms with E-state index < -0.39 is 0 Å². The molecule has 1 aromatic rings. The van der Waals surface area contributed by atoms with Crippen LogP contribution < -0.4 is 4.74 Å². The molecule has 1 aliphatic carbocycles. The number of carbonyl (C=O) groups excluding carboxylic acids is 1. The van der Waals surface area contributed by atoms with Gasteiger partial charge in [0.25, 0.3) is 0 Å². The van der Waals surface area contributed by atoms with Crippen LogP contribution in [0.1, 0.15) is 18.4 Å². The summed E-state index contributed by atoms with van der Waals surface area (Å²) in [5.41, 5.74) is 2.73. The monoisotopic (exact) mass is 299 g/mol. The zero-order chi connectivity index (χ0) is 14.8. The van der Waals surface area contributed by atoms with Gasteiger partial charge in [-0.1, -0.05) is 35.9 Å². The highest BCUT2D eigenvalue weighted by molar-refractivity contribution is 6.34. The Labute approximate surface area is 128 Å². The summed E-state index contributed by atoms with van der Waals surface area (Å²) in [6.45, 7) is 0. The zero-order valence-corrected chi connectivity index (χ0v) is 12.4. The molecule has 0 saturated heterocycles. The summed E-state index contributed by atoms with van der Waals surface area (Å²) in [5.74, 6) is 0.721. The number of aliphatic imine (C=N–C) groups is 1. The number of ketones is 1. The molecule has 1 heterocycles. The molecule has 0 fully saturated rings. The molecule has 0 saturated carbocycles. The normalized spacial score (nSPS) is 17.9. The summed E-state index contributed by atoms with van der Waals surface area (Å²) in [6, 6.07) is 7.57. The zero-order valence-electron chi connectivity index (χ0n) is 11.6. The van der Waals surface area contributed by atoms with E-state index in [0.717, 1.165) is 5.56 Å². The number of ether oxygens (including phenoxy) is 1. The molecule has 3 nitrogen and oxygen atoms in total. The Kier molecular flexibility index (Phi) is 3.76. The van der Waals surface area contributed by atoms with Crippen LogP contribution in [0, 0.1) is 0 Å². The van der Waals surface area contributed by atoms with Gasteiger partial charge in [0.2, 0.25) is 0 Å². The maximum Gasteiger partial charge on any atom is 0.172 e. The van der Waals surface area contributed by atoms with Crippen molar-refractivity contribution in [1.82, 2.24) is 0 Å². The van der Waals surface area contributed by atoms with E-state index in [-0.39, 0.29) is 12.2 Å². The van der Waals surface area contributed by atoms with Crippen molar-refractivity contribution in [3.05, 3.63) is 64.4 Å². The molecule has 0 spiro atoms. The number of hydrogen-bond acceptors (Lipinski definition) is 3. The van der Waals surface area contributed by atoms with Gasteiger partial charge in [-0.15, -0.1) is 0 Å². The first kappa shape index (κ1) is 13.8. The molecule has 3 rings (SSSR count). The molecule has 0 radical (unpaired) electrons. The molecular formula is C17H14ClNO2. The van der Waals surface area contributed by atoms with Crippen molar-refractivity contribution < 1.29 is 9.53 Å². The van der Waals surface area contributed by atoms with Gasteiger partial charge in [0, 0.05) is 17.0 Å². The second kappa shape index (κ2) is 5.70. The summed E-state index contributed by atoms with van der Waals surface area (Å²) in [5, 5.41) is 0.558. The maximum absolute atomic E-state index is 12.4. The number of carbonyl (C=O) groups is 1. The second-order valence-electron chi connectivity index (χ2n) is 4.82. The highest BCUT2D eigenvalue weighted by atomic mass is 35.5. The van der Waals surface area contributed by atoms with Crippen LogP contribution in [0.25, 0.3) is 0 Å². The van der Waals surface area contributed by atoms with Crippen LogP contribution in [0.2, 0.25) is 0 Å². The van der Waals surface area contributed by atoms with Gasteiger partial charge in [-0.25, -0.2) is 0 Å². The number of fused-ring (bicyclic) bond motifs is 1. The Morgan fingerprint density at radius 3 is 2.90 bits per heavy atom. The summed E-state index contributed by atoms with van der Waals surface area (Å²) in [7, 11) is 1.61. The summed E-state index contributed by atoms with van der Waals surface area (Å²) in [6.07, 6.45) is 6.45. The lowest BCUT2D eigenvalue weighted by molar-refractivity contribution is -0.114. The van der Waals surface area contributed by atoms with Crippen LogP contribution in [-0.2, 0) is 4.79 Å². The highest BCUT2D eigenvalue weighted by Crippen LogP contribution is 2.32. The molecule has 21 heavy (non-hydrogen) atoms. The van der Waals surface area contributed by atoms with E-state index in [1.165, 1.54) is 0 Å². The van der Waals surface area contributed by atoms with Gasteiger partial charge in [-0.3, -0.25) is 9.79 Å². The Balaban J connectivity index is 2.12. The van der Waals surface area contributed by atoms with E-state index in [1.807, 2.05) is 42.5 Å². The van der Waals surface area contributed by atoms with Crippen molar-refractivity contribution in [3.8, 4) is 5.75 Å². The van der Waals surface area contributed by atoms with Crippen LogP contribution in [0.15, 0.2) is 63.8 Å². The van der Waals surface area contributed by atoms with Gasteiger partial charge in [0.15, 0.2) is 5.78 Å². The van der Waals surface area contributed by atoms with Gasteiger partial charge in [0.05, 0.1) is 30.5 Å². The van der Waals surface area contributed by atoms with Crippen molar-refractivity contribution in [1.29, 1.82) is 0 Å². The van der Waals surface area contributed by atoms with Crippen molar-refractivity contribution in [3.63, 3.8) is 0 Å². The molecule has 0 atom stereocenters. The van der Waals surface area contributed by atoms with Gasteiger partial charge >= 0.3 is 0 Å². The topological polar surface area (TPSA) is 38.7 Å². The van der Waals surface area contributed by atoms with E-state index >= 15 is 0 Å². The fourth-order valence-electron chi connectivity index (χ4n) is 2.51. The fraction of sp³-hybridized carbons (Fsp3) is 0.176. The highest BCUT2D eigenvalue weighted by Gasteiger charge is 2.27. The van der Waals surface area contributed by atoms with E-state index in [2.05, 4.69) is 4.99 Å². The molecule has 1 aromatic carbocycles. The third-order valence-electron chi connectivity index (χ3n) is 3.49. The van der Waals surface area contributed by atoms with Crippen molar-refractivity contribution in [2.24, 2.45) is 4.99 Å². The van der Waals surface area contributed by atoms with E-state index in [0.29, 0.717) is 34.2 Å². The van der Waals surface area contributed by atoms with Crippen molar-refractivity contribution >= 4 is 23.1 Å². The minimum absolute atomic E-state index is 0.00542. The quantitative estimate of drug-likeness (QED) is 0.833. The minimum atomic E-state index is 0.00542. The Bertz CT molecular complexity index is 726. The Hall–Kier alpha value is -2.13. The molecule has 1 aliphatic heterocycles. The van der Waals surface area contributed by atoms with E-state index in [4.69, 9.17) is 16.3 Å². The number of allylic oxidation sites excluding steroid dienone is 5. The second-order valence-corrected chi connectivity index (χ2v) is 5.28. The molecule has 0 amide bonds. The minimum Gasteiger partial charge on any atom is -0.496 e. The van der Waals surface area contributed by atoms with Gasteiger partial charge in [-0.2, -0.15) is 0 Å². The van der Waals surface area contributed by atoms with Crippen LogP contribution in [0.3, 0.4) is 0 Å². The summed E-state index contributed by atoms with van der Waals surface area (Å²) in [4.78, 5) is 17.1. The average molecular weight is 300 g/mol. The number of para-hydroxylation sites is 1. The van der Waals surface area contributed by atoms with E-state index in [9.17, 15) is 4.79 Å². The molecule has 4 heteroatoms. The summed E-state index contributed by atoms with van der Waals surface area (Å²) < 4.78 is 5.35. The number of rotatable bonds is 2. The van der Waals surface area contributed by atoms with Crippen molar-refractivity contribution in [2.75, 3.05) is 7.11 Å². The Morgan fingerprint density at radius 2 is 2.10 bits per heavy atom. The molecule has 0 aromatic heterocycles. The molecule has 0 bridgehead atoms. The SMILES string of the molecule is COc1ccccc1C1=NC2=CC=CCC(Cl)=C2C(=O)C1. The van der Waals surface area contributed by atoms with Gasteiger partial charge in [0.1, 0.15) is 5.75 Å². The standard InChI is InChI=1S/C17H14ClNO2/c1-21-16-9-5-2-6-11(16)14-10-15(20)17-12(18)7-3-4-8-13(17)19-14/h2-6,8-9H,7,10H2,1H3. The van der Waals surface area contributed by atoms with Crippen LogP contribution in [0.5, 0.6) is 5.75 Å². The number of Topliss-reactive ketones (excluding diaryl/α,β-unsaturated/α-hetero) is 1. The molecular weight excluding hydrogens is 286 g/mol. The lowest BCUT2D eigenvalue weighted by Gasteiger charge is -2.18. The van der Waals surface area contributed by atoms with Crippen molar-refractivity contribution in [2.45, 2.75) is 12.8 Å². The molecule has 2 aliphatic rings. The predicted octanol–water partition coefficient (Wildman–Crippen LogP) is 3.79. The first-order chi connectivity index (χ1) is 10.2. The lowest BCUT2D eigenvalue weighted by atomic mass is 9.94. The lowest BCUT2D eigenvalue weighted by Crippen LogP contribution is -2.19. The molecule has 0 N–H and O–H groups in total. The number of methoxy groups -OCH3 is 1. The van der Waals surface area contributed by atoms with Crippen LogP contribution >= 0.6 is 11.6 Å². The van der Waals surface area contributed by atoms with E-state index in [1.54, 1.807) is 7.11 Å². The predicted molar refractivity (Wildman–Crippen MR) is 83.9 cm³/mol. The maximum atomic E-state index is 12.4. The smallest absolute Gasteiger partial charge is 0.172 e. The average Bonchev–Trinajstić information content (AvgIpc) is 2.69. The third-order valence-corrected chi connectivity index (χ3v) is 3.84.